The lowest BCUT2D eigenvalue weighted by atomic mass is 10.2. The predicted molar refractivity (Wildman–Crippen MR) is 61.0 cm³/mol. The molecule has 0 bridgehead atoms. The fourth-order valence-corrected chi connectivity index (χ4v) is 1.52. The largest absolute Gasteiger partial charge is 0.444 e. The van der Waals surface area contributed by atoms with Gasteiger partial charge in [-0.25, -0.2) is 4.79 Å². The molecule has 1 saturated heterocycles. The number of carbonyl (C=O) groups is 1. The van der Waals surface area contributed by atoms with Gasteiger partial charge in [0, 0.05) is 6.54 Å². The van der Waals surface area contributed by atoms with E-state index in [0.717, 1.165) is 6.42 Å². The maximum Gasteiger partial charge on any atom is 0.410 e. The van der Waals surface area contributed by atoms with Crippen LogP contribution in [0.1, 0.15) is 27.2 Å². The third-order valence-corrected chi connectivity index (χ3v) is 2.20. The summed E-state index contributed by atoms with van der Waals surface area (Å²) in [6.45, 7) is 7.10. The molecule has 1 amide bonds. The van der Waals surface area contributed by atoms with E-state index < -0.39 is 5.60 Å². The molecule has 0 saturated carbocycles. The van der Waals surface area contributed by atoms with Crippen molar-refractivity contribution in [3.05, 3.63) is 0 Å². The zero-order chi connectivity index (χ0) is 12.2. The highest BCUT2D eigenvalue weighted by molar-refractivity contribution is 5.68. The summed E-state index contributed by atoms with van der Waals surface area (Å²) in [5.41, 5.74) is -0.450. The van der Waals surface area contributed by atoms with Gasteiger partial charge < -0.3 is 14.4 Å². The van der Waals surface area contributed by atoms with E-state index in [4.69, 9.17) is 15.9 Å². The quantitative estimate of drug-likeness (QED) is 0.671. The smallest absolute Gasteiger partial charge is 0.410 e. The van der Waals surface area contributed by atoms with Crippen molar-refractivity contribution in [2.75, 3.05) is 19.7 Å². The summed E-state index contributed by atoms with van der Waals surface area (Å²) in [5, 5.41) is 0. The Morgan fingerprint density at radius 3 is 2.81 bits per heavy atom. The molecule has 1 rings (SSSR count). The second-order valence-corrected chi connectivity index (χ2v) is 4.85. The Hall–Kier alpha value is -1.21. The van der Waals surface area contributed by atoms with Crippen LogP contribution in [0.2, 0.25) is 0 Å². The van der Waals surface area contributed by atoms with Gasteiger partial charge in [-0.15, -0.1) is 6.42 Å². The van der Waals surface area contributed by atoms with Crippen LogP contribution in [0, 0.1) is 12.3 Å². The molecule has 0 N–H and O–H groups in total. The molecule has 0 radical (unpaired) electrons. The first-order valence-corrected chi connectivity index (χ1v) is 5.45. The van der Waals surface area contributed by atoms with E-state index in [-0.39, 0.29) is 12.2 Å². The Balaban J connectivity index is 2.36. The summed E-state index contributed by atoms with van der Waals surface area (Å²) < 4.78 is 10.6. The first-order valence-electron chi connectivity index (χ1n) is 5.45. The van der Waals surface area contributed by atoms with Crippen molar-refractivity contribution in [1.29, 1.82) is 0 Å². The first kappa shape index (κ1) is 12.9. The Labute approximate surface area is 96.9 Å². The van der Waals surface area contributed by atoms with Gasteiger partial charge in [0.1, 0.15) is 12.2 Å². The van der Waals surface area contributed by atoms with Crippen molar-refractivity contribution < 1.29 is 14.3 Å². The number of carbonyl (C=O) groups excluding carboxylic acids is 1. The highest BCUT2D eigenvalue weighted by Crippen LogP contribution is 2.16. The van der Waals surface area contributed by atoms with Crippen molar-refractivity contribution in [3.63, 3.8) is 0 Å². The number of rotatable bonds is 2. The van der Waals surface area contributed by atoms with Gasteiger partial charge in [0.15, 0.2) is 0 Å². The number of likely N-dealkylation sites (tertiary alicyclic amines) is 1. The summed E-state index contributed by atoms with van der Waals surface area (Å²) >= 11 is 0. The van der Waals surface area contributed by atoms with Gasteiger partial charge in [0.25, 0.3) is 0 Å². The molecule has 0 spiro atoms. The van der Waals surface area contributed by atoms with Gasteiger partial charge >= 0.3 is 6.09 Å². The Morgan fingerprint density at radius 2 is 2.25 bits per heavy atom. The Kier molecular flexibility index (Phi) is 4.19. The molecule has 0 aromatic heterocycles. The highest BCUT2D eigenvalue weighted by Gasteiger charge is 2.29. The lowest BCUT2D eigenvalue weighted by Gasteiger charge is -2.24. The lowest BCUT2D eigenvalue weighted by molar-refractivity contribution is 0.0238. The van der Waals surface area contributed by atoms with Crippen molar-refractivity contribution in [2.45, 2.75) is 38.9 Å². The highest BCUT2D eigenvalue weighted by atomic mass is 16.6. The molecular weight excluding hydrogens is 206 g/mol. The average molecular weight is 225 g/mol. The maximum absolute atomic E-state index is 11.7. The lowest BCUT2D eigenvalue weighted by Crippen LogP contribution is -2.36. The summed E-state index contributed by atoms with van der Waals surface area (Å²) in [5.74, 6) is 2.42. The number of amides is 1. The van der Waals surface area contributed by atoms with Crippen LogP contribution in [0.25, 0.3) is 0 Å². The topological polar surface area (TPSA) is 38.8 Å². The minimum Gasteiger partial charge on any atom is -0.444 e. The molecule has 4 nitrogen and oxygen atoms in total. The van der Waals surface area contributed by atoms with E-state index in [2.05, 4.69) is 5.92 Å². The molecule has 0 aromatic rings. The van der Waals surface area contributed by atoms with Crippen molar-refractivity contribution in [2.24, 2.45) is 0 Å². The van der Waals surface area contributed by atoms with Gasteiger partial charge in [-0.1, -0.05) is 5.92 Å². The zero-order valence-electron chi connectivity index (χ0n) is 10.2. The summed E-state index contributed by atoms with van der Waals surface area (Å²) in [6, 6.07) is 0. The molecule has 0 aromatic carbocycles. The molecule has 4 heteroatoms. The number of hydrogen-bond donors (Lipinski definition) is 0. The van der Waals surface area contributed by atoms with Crippen LogP contribution in [0.3, 0.4) is 0 Å². The normalized spacial score (nSPS) is 20.6. The first-order chi connectivity index (χ1) is 7.42. The Morgan fingerprint density at radius 1 is 1.56 bits per heavy atom. The van der Waals surface area contributed by atoms with Gasteiger partial charge in [-0.05, 0) is 27.2 Å². The van der Waals surface area contributed by atoms with Gasteiger partial charge in [-0.3, -0.25) is 0 Å². The second-order valence-electron chi connectivity index (χ2n) is 4.85. The molecule has 16 heavy (non-hydrogen) atoms. The molecular formula is C12H19NO3. The van der Waals surface area contributed by atoms with E-state index in [0.29, 0.717) is 19.7 Å². The predicted octanol–water partition coefficient (Wildman–Crippen LogP) is 1.65. The van der Waals surface area contributed by atoms with Crippen LogP contribution in [-0.4, -0.2) is 42.4 Å². The molecule has 0 aliphatic carbocycles. The van der Waals surface area contributed by atoms with E-state index in [9.17, 15) is 4.79 Å². The SMILES string of the molecule is C#CCO[C@H]1CCN(C(=O)OC(C)(C)C)C1. The molecule has 1 heterocycles. The monoisotopic (exact) mass is 225 g/mol. The summed E-state index contributed by atoms with van der Waals surface area (Å²) in [6.07, 6.45) is 5.69. The van der Waals surface area contributed by atoms with E-state index >= 15 is 0 Å². The third-order valence-electron chi connectivity index (χ3n) is 2.20. The summed E-state index contributed by atoms with van der Waals surface area (Å²) in [4.78, 5) is 13.3. The van der Waals surface area contributed by atoms with Crippen molar-refractivity contribution in [1.82, 2.24) is 4.90 Å². The molecule has 0 unspecified atom stereocenters. The van der Waals surface area contributed by atoms with E-state index in [1.807, 2.05) is 20.8 Å². The van der Waals surface area contributed by atoms with E-state index in [1.165, 1.54) is 0 Å². The van der Waals surface area contributed by atoms with Gasteiger partial charge in [0.05, 0.1) is 12.6 Å². The minimum atomic E-state index is -0.450. The Bertz CT molecular complexity index is 288. The third kappa shape index (κ3) is 4.11. The summed E-state index contributed by atoms with van der Waals surface area (Å²) in [7, 11) is 0. The minimum absolute atomic E-state index is 0.0450. The molecule has 1 atom stereocenters. The molecule has 90 valence electrons. The number of ether oxygens (including phenoxy) is 2. The van der Waals surface area contributed by atoms with Gasteiger partial charge in [0.2, 0.25) is 0 Å². The molecule has 1 fully saturated rings. The van der Waals surface area contributed by atoms with E-state index in [1.54, 1.807) is 4.90 Å². The van der Waals surface area contributed by atoms with Crippen molar-refractivity contribution in [3.8, 4) is 12.3 Å². The van der Waals surface area contributed by atoms with Crippen LogP contribution in [-0.2, 0) is 9.47 Å². The number of nitrogens with zero attached hydrogens (tertiary/aromatic N) is 1. The van der Waals surface area contributed by atoms with Gasteiger partial charge in [-0.2, -0.15) is 0 Å². The molecule has 1 aliphatic rings. The van der Waals surface area contributed by atoms with Crippen LogP contribution in [0.4, 0.5) is 4.79 Å². The van der Waals surface area contributed by atoms with Crippen LogP contribution in [0.15, 0.2) is 0 Å². The fourth-order valence-electron chi connectivity index (χ4n) is 1.52. The number of hydrogen-bond acceptors (Lipinski definition) is 3. The fraction of sp³-hybridized carbons (Fsp3) is 0.750. The number of terminal acetylenes is 1. The second kappa shape index (κ2) is 5.22. The average Bonchev–Trinajstić information content (AvgIpc) is 2.60. The molecule has 1 aliphatic heterocycles. The maximum atomic E-state index is 11.7. The van der Waals surface area contributed by atoms with Crippen LogP contribution in [0.5, 0.6) is 0 Å². The van der Waals surface area contributed by atoms with Crippen LogP contribution < -0.4 is 0 Å². The zero-order valence-corrected chi connectivity index (χ0v) is 10.2. The van der Waals surface area contributed by atoms with Crippen molar-refractivity contribution >= 4 is 6.09 Å². The standard InChI is InChI=1S/C12H19NO3/c1-5-8-15-10-6-7-13(9-10)11(14)16-12(2,3)4/h1,10H,6-9H2,2-4H3/t10-/m0/s1. The van der Waals surface area contributed by atoms with Crippen LogP contribution >= 0.6 is 0 Å².